The summed E-state index contributed by atoms with van der Waals surface area (Å²) in [5, 5.41) is 6.20. The minimum absolute atomic E-state index is 0.209. The van der Waals surface area contributed by atoms with Crippen LogP contribution in [0.3, 0.4) is 0 Å². The first-order valence-electron chi connectivity index (χ1n) is 3.86. The first kappa shape index (κ1) is 9.44. The molecule has 0 bridgehead atoms. The smallest absolute Gasteiger partial charge is 0.362 e. The molecule has 1 heterocycles. The van der Waals surface area contributed by atoms with E-state index < -0.39 is 11.4 Å². The molecule has 5 heteroatoms. The number of ether oxygens (including phenoxy) is 1. The highest BCUT2D eigenvalue weighted by atomic mass is 16.5. The van der Waals surface area contributed by atoms with Gasteiger partial charge in [0.1, 0.15) is 0 Å². The van der Waals surface area contributed by atoms with E-state index >= 15 is 0 Å². The van der Waals surface area contributed by atoms with Gasteiger partial charge in [-0.25, -0.2) is 4.79 Å². The molecule has 13 heavy (non-hydrogen) atoms. The van der Waals surface area contributed by atoms with Crippen molar-refractivity contribution >= 4 is 5.97 Å². The maximum atomic E-state index is 11.2. The van der Waals surface area contributed by atoms with E-state index in [4.69, 9.17) is 0 Å². The number of H-pyrrole nitrogens is 1. The van der Waals surface area contributed by atoms with E-state index in [2.05, 4.69) is 14.9 Å². The number of methoxy groups -OCH3 is 1. The predicted octanol–water partition coefficient (Wildman–Crippen LogP) is 0.119. The molecule has 5 nitrogen and oxygen atoms in total. The van der Waals surface area contributed by atoms with E-state index in [9.17, 15) is 9.59 Å². The van der Waals surface area contributed by atoms with Gasteiger partial charge in [0, 0.05) is 11.8 Å². The number of aromatic nitrogens is 2. The van der Waals surface area contributed by atoms with Crippen molar-refractivity contribution in [3.8, 4) is 0 Å². The Balaban J connectivity index is 3.13. The lowest BCUT2D eigenvalue weighted by Gasteiger charge is -1.98. The van der Waals surface area contributed by atoms with Gasteiger partial charge in [-0.05, 0) is 6.42 Å². The van der Waals surface area contributed by atoms with Gasteiger partial charge in [0.05, 0.1) is 7.11 Å². The van der Waals surface area contributed by atoms with E-state index in [1.807, 2.05) is 6.92 Å². The van der Waals surface area contributed by atoms with Crippen LogP contribution in [0.1, 0.15) is 23.1 Å². The van der Waals surface area contributed by atoms with Crippen LogP contribution in [0.5, 0.6) is 0 Å². The van der Waals surface area contributed by atoms with Crippen LogP contribution >= 0.6 is 0 Å². The van der Waals surface area contributed by atoms with E-state index in [0.717, 1.165) is 0 Å². The van der Waals surface area contributed by atoms with Crippen LogP contribution in [0.25, 0.3) is 0 Å². The van der Waals surface area contributed by atoms with Crippen molar-refractivity contribution in [1.29, 1.82) is 0 Å². The Morgan fingerprint density at radius 3 is 2.85 bits per heavy atom. The lowest BCUT2D eigenvalue weighted by molar-refractivity contribution is 0.0591. The zero-order chi connectivity index (χ0) is 9.84. The van der Waals surface area contributed by atoms with Crippen molar-refractivity contribution < 1.29 is 9.53 Å². The van der Waals surface area contributed by atoms with Gasteiger partial charge in [-0.1, -0.05) is 6.92 Å². The number of carbonyl (C=O) groups excluding carboxylic acids is 1. The zero-order valence-corrected chi connectivity index (χ0v) is 7.46. The number of aromatic amines is 1. The van der Waals surface area contributed by atoms with Gasteiger partial charge < -0.3 is 4.74 Å². The summed E-state index contributed by atoms with van der Waals surface area (Å²) in [5.41, 5.74) is 0.0693. The SMILES string of the molecule is CCc1cc(=O)c(C(=O)OC)n[nH]1. The summed E-state index contributed by atoms with van der Waals surface area (Å²) in [6, 6.07) is 1.35. The fourth-order valence-electron chi connectivity index (χ4n) is 0.866. The molecule has 0 atom stereocenters. The van der Waals surface area contributed by atoms with E-state index in [1.165, 1.54) is 13.2 Å². The summed E-state index contributed by atoms with van der Waals surface area (Å²) in [6.07, 6.45) is 0.670. The highest BCUT2D eigenvalue weighted by Gasteiger charge is 2.11. The summed E-state index contributed by atoms with van der Waals surface area (Å²) in [5.74, 6) is -0.719. The minimum atomic E-state index is -0.719. The second kappa shape index (κ2) is 3.84. The van der Waals surface area contributed by atoms with Crippen LogP contribution in [0.4, 0.5) is 0 Å². The summed E-state index contributed by atoms with van der Waals surface area (Å²) < 4.78 is 4.37. The van der Waals surface area contributed by atoms with E-state index in [0.29, 0.717) is 12.1 Å². The molecule has 0 aliphatic heterocycles. The molecule has 0 spiro atoms. The second-order valence-corrected chi connectivity index (χ2v) is 2.45. The van der Waals surface area contributed by atoms with Gasteiger partial charge >= 0.3 is 5.97 Å². The molecule has 0 amide bonds. The van der Waals surface area contributed by atoms with Crippen molar-refractivity contribution in [3.05, 3.63) is 27.7 Å². The van der Waals surface area contributed by atoms with Gasteiger partial charge in [0.25, 0.3) is 0 Å². The molecule has 1 N–H and O–H groups in total. The number of esters is 1. The monoisotopic (exact) mass is 182 g/mol. The Kier molecular flexibility index (Phi) is 2.79. The summed E-state index contributed by atoms with van der Waals surface area (Å²) >= 11 is 0. The Morgan fingerprint density at radius 1 is 1.69 bits per heavy atom. The Hall–Kier alpha value is -1.65. The Morgan fingerprint density at radius 2 is 2.38 bits per heavy atom. The van der Waals surface area contributed by atoms with Crippen LogP contribution in [-0.2, 0) is 11.2 Å². The van der Waals surface area contributed by atoms with E-state index in [1.54, 1.807) is 0 Å². The summed E-state index contributed by atoms with van der Waals surface area (Å²) in [6.45, 7) is 1.88. The van der Waals surface area contributed by atoms with E-state index in [-0.39, 0.29) is 5.69 Å². The number of nitrogens with one attached hydrogen (secondary N) is 1. The maximum Gasteiger partial charge on any atom is 0.362 e. The van der Waals surface area contributed by atoms with Gasteiger partial charge in [-0.2, -0.15) is 5.10 Å². The van der Waals surface area contributed by atoms with Crippen molar-refractivity contribution in [3.63, 3.8) is 0 Å². The molecular weight excluding hydrogens is 172 g/mol. The van der Waals surface area contributed by atoms with Crippen molar-refractivity contribution in [2.45, 2.75) is 13.3 Å². The molecule has 0 radical (unpaired) electrons. The molecule has 1 rings (SSSR count). The van der Waals surface area contributed by atoms with Crippen LogP contribution in [0, 0.1) is 0 Å². The van der Waals surface area contributed by atoms with Gasteiger partial charge in [0.15, 0.2) is 0 Å². The van der Waals surface area contributed by atoms with Crippen LogP contribution in [0.2, 0.25) is 0 Å². The number of rotatable bonds is 2. The molecule has 0 saturated heterocycles. The summed E-state index contributed by atoms with van der Waals surface area (Å²) in [4.78, 5) is 22.1. The largest absolute Gasteiger partial charge is 0.464 e. The average molecular weight is 182 g/mol. The zero-order valence-electron chi connectivity index (χ0n) is 7.46. The fraction of sp³-hybridized carbons (Fsp3) is 0.375. The molecule has 0 unspecified atom stereocenters. The first-order valence-corrected chi connectivity index (χ1v) is 3.86. The number of aryl methyl sites for hydroxylation is 1. The topological polar surface area (TPSA) is 72.1 Å². The molecular formula is C8H10N2O3. The van der Waals surface area contributed by atoms with Crippen molar-refractivity contribution in [2.24, 2.45) is 0 Å². The highest BCUT2D eigenvalue weighted by Crippen LogP contribution is 1.92. The molecule has 0 fully saturated rings. The average Bonchev–Trinajstić information content (AvgIpc) is 2.16. The highest BCUT2D eigenvalue weighted by molar-refractivity contribution is 5.86. The van der Waals surface area contributed by atoms with Crippen LogP contribution in [-0.4, -0.2) is 23.3 Å². The Labute approximate surface area is 74.7 Å². The third-order valence-electron chi connectivity index (χ3n) is 1.61. The maximum absolute atomic E-state index is 11.2. The molecule has 0 aromatic carbocycles. The van der Waals surface area contributed by atoms with Gasteiger partial charge in [-0.15, -0.1) is 0 Å². The Bertz CT molecular complexity index is 370. The second-order valence-electron chi connectivity index (χ2n) is 2.45. The number of hydrogen-bond acceptors (Lipinski definition) is 4. The van der Waals surface area contributed by atoms with Crippen molar-refractivity contribution in [1.82, 2.24) is 10.2 Å². The molecule has 0 aliphatic rings. The minimum Gasteiger partial charge on any atom is -0.464 e. The summed E-state index contributed by atoms with van der Waals surface area (Å²) in [7, 11) is 1.21. The number of nitrogens with zero attached hydrogens (tertiary/aromatic N) is 1. The van der Waals surface area contributed by atoms with Crippen LogP contribution < -0.4 is 5.43 Å². The van der Waals surface area contributed by atoms with Crippen molar-refractivity contribution in [2.75, 3.05) is 7.11 Å². The van der Waals surface area contributed by atoms with Gasteiger partial charge in [-0.3, -0.25) is 9.89 Å². The lowest BCUT2D eigenvalue weighted by Crippen LogP contribution is -2.20. The first-order chi connectivity index (χ1) is 6.19. The third-order valence-corrected chi connectivity index (χ3v) is 1.61. The molecule has 1 aromatic heterocycles. The normalized spacial score (nSPS) is 9.69. The van der Waals surface area contributed by atoms with Crippen LogP contribution in [0.15, 0.2) is 10.9 Å². The third kappa shape index (κ3) is 1.93. The lowest BCUT2D eigenvalue weighted by atomic mass is 10.3. The number of carbonyl (C=O) groups is 1. The molecule has 70 valence electrons. The molecule has 1 aromatic rings. The molecule has 0 saturated carbocycles. The standard InChI is InChI=1S/C8H10N2O3/c1-3-5-4-6(11)7(10-9-5)8(12)13-2/h4H,3H2,1-2H3,(H,9,11). The van der Waals surface area contributed by atoms with Gasteiger partial charge in [0.2, 0.25) is 11.1 Å². The predicted molar refractivity (Wildman–Crippen MR) is 45.6 cm³/mol. The quantitative estimate of drug-likeness (QED) is 0.659. The fourth-order valence-corrected chi connectivity index (χ4v) is 0.866. The molecule has 0 aliphatic carbocycles. The number of hydrogen-bond donors (Lipinski definition) is 1.